The minimum Gasteiger partial charge on any atom is -0.469 e. The van der Waals surface area contributed by atoms with Gasteiger partial charge >= 0.3 is 5.97 Å². The van der Waals surface area contributed by atoms with Gasteiger partial charge in [0.1, 0.15) is 0 Å². The van der Waals surface area contributed by atoms with Crippen LogP contribution in [0.5, 0.6) is 0 Å². The maximum absolute atomic E-state index is 12.4. The molecule has 0 bridgehead atoms. The summed E-state index contributed by atoms with van der Waals surface area (Å²) in [7, 11) is 5.29. The number of benzene rings is 1. The van der Waals surface area contributed by atoms with Gasteiger partial charge < -0.3 is 14.5 Å². The first-order valence-electron chi connectivity index (χ1n) is 8.16. The Hall–Kier alpha value is -1.59. The van der Waals surface area contributed by atoms with Crippen LogP contribution in [0.25, 0.3) is 0 Å². The van der Waals surface area contributed by atoms with E-state index in [1.165, 1.54) is 12.7 Å². The van der Waals surface area contributed by atoms with Gasteiger partial charge in [0.15, 0.2) is 0 Å². The second-order valence-electron chi connectivity index (χ2n) is 5.99. The van der Waals surface area contributed by atoms with Crippen molar-refractivity contribution in [1.29, 1.82) is 0 Å². The Morgan fingerprint density at radius 1 is 1.04 bits per heavy atom. The predicted molar refractivity (Wildman–Crippen MR) is 96.2 cm³/mol. The van der Waals surface area contributed by atoms with Crippen LogP contribution in [0.4, 0.5) is 0 Å². The van der Waals surface area contributed by atoms with Crippen molar-refractivity contribution in [3.8, 4) is 0 Å². The highest BCUT2D eigenvalue weighted by Crippen LogP contribution is 2.12. The maximum atomic E-state index is 12.4. The number of aryl methyl sites for hydroxylation is 1. The van der Waals surface area contributed by atoms with E-state index in [0.717, 1.165) is 19.4 Å². The first kappa shape index (κ1) is 20.5. The minimum absolute atomic E-state index is 0.0784. The van der Waals surface area contributed by atoms with Crippen LogP contribution in [0.3, 0.4) is 0 Å². The van der Waals surface area contributed by atoms with Crippen molar-refractivity contribution in [2.24, 2.45) is 0 Å². The van der Waals surface area contributed by atoms with Gasteiger partial charge in [0.05, 0.1) is 13.5 Å². The number of rotatable bonds is 10. The number of esters is 1. The SMILES string of the molecule is COC(=O)CCN(CCN(C)C)C(=O)CCCc1ccc(Cl)cc1. The molecule has 0 aromatic heterocycles. The Kier molecular flexibility index (Phi) is 9.42. The second-order valence-corrected chi connectivity index (χ2v) is 6.43. The fourth-order valence-corrected chi connectivity index (χ4v) is 2.39. The van der Waals surface area contributed by atoms with Crippen molar-refractivity contribution in [2.75, 3.05) is 40.8 Å². The molecule has 24 heavy (non-hydrogen) atoms. The van der Waals surface area contributed by atoms with E-state index in [0.29, 0.717) is 24.5 Å². The molecule has 0 spiro atoms. The molecule has 1 amide bonds. The summed E-state index contributed by atoms with van der Waals surface area (Å²) in [5.74, 6) is -0.214. The van der Waals surface area contributed by atoms with Crippen LogP contribution >= 0.6 is 11.6 Å². The molecule has 0 aliphatic rings. The number of amides is 1. The van der Waals surface area contributed by atoms with Gasteiger partial charge in [-0.3, -0.25) is 9.59 Å². The smallest absolute Gasteiger partial charge is 0.307 e. The summed E-state index contributed by atoms with van der Waals surface area (Å²) in [5.41, 5.74) is 1.17. The molecule has 0 saturated carbocycles. The second kappa shape index (κ2) is 11.0. The van der Waals surface area contributed by atoms with Crippen LogP contribution in [-0.4, -0.2) is 62.5 Å². The molecular formula is C18H27ClN2O3. The molecule has 0 aliphatic heterocycles. The van der Waals surface area contributed by atoms with Gasteiger partial charge in [-0.2, -0.15) is 0 Å². The average Bonchev–Trinajstić information content (AvgIpc) is 2.56. The van der Waals surface area contributed by atoms with Crippen LogP contribution in [0.1, 0.15) is 24.8 Å². The van der Waals surface area contributed by atoms with Gasteiger partial charge in [-0.05, 0) is 44.6 Å². The summed E-state index contributed by atoms with van der Waals surface area (Å²) in [6, 6.07) is 7.68. The molecule has 0 radical (unpaired) electrons. The van der Waals surface area contributed by atoms with Crippen molar-refractivity contribution >= 4 is 23.5 Å². The van der Waals surface area contributed by atoms with Crippen LogP contribution in [0, 0.1) is 0 Å². The minimum atomic E-state index is -0.293. The number of carbonyl (C=O) groups excluding carboxylic acids is 2. The lowest BCUT2D eigenvalue weighted by molar-refractivity contribution is -0.141. The van der Waals surface area contributed by atoms with Crippen LogP contribution in [0.2, 0.25) is 5.02 Å². The number of carbonyl (C=O) groups is 2. The fraction of sp³-hybridized carbons (Fsp3) is 0.556. The van der Waals surface area contributed by atoms with E-state index >= 15 is 0 Å². The Bertz CT molecular complexity index is 518. The summed E-state index contributed by atoms with van der Waals surface area (Å²) in [4.78, 5) is 27.5. The Morgan fingerprint density at radius 3 is 2.29 bits per heavy atom. The zero-order chi connectivity index (χ0) is 17.9. The van der Waals surface area contributed by atoms with E-state index in [2.05, 4.69) is 4.74 Å². The summed E-state index contributed by atoms with van der Waals surface area (Å²) in [6.07, 6.45) is 2.31. The highest BCUT2D eigenvalue weighted by Gasteiger charge is 2.15. The molecule has 1 aromatic rings. The van der Waals surface area contributed by atoms with Gasteiger partial charge in [0.25, 0.3) is 0 Å². The van der Waals surface area contributed by atoms with E-state index in [1.54, 1.807) is 4.90 Å². The third-order valence-corrected chi connectivity index (χ3v) is 4.00. The molecule has 1 aromatic carbocycles. The van der Waals surface area contributed by atoms with Gasteiger partial charge in [0, 0.05) is 31.1 Å². The summed E-state index contributed by atoms with van der Waals surface area (Å²) < 4.78 is 4.66. The Morgan fingerprint density at radius 2 is 1.71 bits per heavy atom. The average molecular weight is 355 g/mol. The highest BCUT2D eigenvalue weighted by molar-refractivity contribution is 6.30. The zero-order valence-electron chi connectivity index (χ0n) is 14.8. The first-order valence-corrected chi connectivity index (χ1v) is 8.54. The molecule has 0 fully saturated rings. The zero-order valence-corrected chi connectivity index (χ0v) is 15.5. The normalized spacial score (nSPS) is 10.7. The number of hydrogen-bond donors (Lipinski definition) is 0. The summed E-state index contributed by atoms with van der Waals surface area (Å²) >= 11 is 5.87. The molecule has 0 aliphatic carbocycles. The largest absolute Gasteiger partial charge is 0.469 e. The van der Waals surface area contributed by atoms with Crippen LogP contribution in [-0.2, 0) is 20.7 Å². The molecule has 0 unspecified atom stereocenters. The number of likely N-dealkylation sites (N-methyl/N-ethyl adjacent to an activating group) is 1. The molecule has 1 rings (SSSR count). The molecule has 0 heterocycles. The lowest BCUT2D eigenvalue weighted by Crippen LogP contribution is -2.38. The third-order valence-electron chi connectivity index (χ3n) is 3.75. The van der Waals surface area contributed by atoms with Crippen LogP contribution in [0.15, 0.2) is 24.3 Å². The van der Waals surface area contributed by atoms with Gasteiger partial charge in [-0.15, -0.1) is 0 Å². The molecule has 6 heteroatoms. The molecular weight excluding hydrogens is 328 g/mol. The van der Waals surface area contributed by atoms with Crippen LogP contribution < -0.4 is 0 Å². The third kappa shape index (κ3) is 8.31. The summed E-state index contributed by atoms with van der Waals surface area (Å²) in [5, 5.41) is 0.715. The van der Waals surface area contributed by atoms with E-state index in [-0.39, 0.29) is 18.3 Å². The van der Waals surface area contributed by atoms with Crippen molar-refractivity contribution in [3.63, 3.8) is 0 Å². The summed E-state index contributed by atoms with van der Waals surface area (Å²) in [6.45, 7) is 1.79. The Balaban J connectivity index is 2.46. The maximum Gasteiger partial charge on any atom is 0.307 e. The number of methoxy groups -OCH3 is 1. The predicted octanol–water partition coefficient (Wildman–Crippen LogP) is 2.62. The van der Waals surface area contributed by atoms with Crippen molar-refractivity contribution in [3.05, 3.63) is 34.9 Å². The topological polar surface area (TPSA) is 49.9 Å². The van der Waals surface area contributed by atoms with E-state index in [9.17, 15) is 9.59 Å². The highest BCUT2D eigenvalue weighted by atomic mass is 35.5. The lowest BCUT2D eigenvalue weighted by atomic mass is 10.1. The number of halogens is 1. The standard InChI is InChI=1S/C18H27ClN2O3/c1-20(2)13-14-21(12-11-18(23)24-3)17(22)6-4-5-15-7-9-16(19)10-8-15/h7-10H,4-6,11-14H2,1-3H3. The van der Waals surface area contributed by atoms with E-state index in [4.69, 9.17) is 11.6 Å². The molecule has 134 valence electrons. The monoisotopic (exact) mass is 354 g/mol. The molecule has 5 nitrogen and oxygen atoms in total. The first-order chi connectivity index (χ1) is 11.4. The van der Waals surface area contributed by atoms with Crippen molar-refractivity contribution in [2.45, 2.75) is 25.7 Å². The van der Waals surface area contributed by atoms with Crippen molar-refractivity contribution < 1.29 is 14.3 Å². The van der Waals surface area contributed by atoms with Gasteiger partial charge in [-0.25, -0.2) is 0 Å². The molecule has 0 atom stereocenters. The number of ether oxygens (including phenoxy) is 1. The molecule has 0 N–H and O–H groups in total. The van der Waals surface area contributed by atoms with Crippen molar-refractivity contribution in [1.82, 2.24) is 9.80 Å². The Labute approximate surface area is 149 Å². The lowest BCUT2D eigenvalue weighted by Gasteiger charge is -2.24. The quantitative estimate of drug-likeness (QED) is 0.606. The van der Waals surface area contributed by atoms with Gasteiger partial charge in [-0.1, -0.05) is 23.7 Å². The van der Waals surface area contributed by atoms with E-state index in [1.807, 2.05) is 43.3 Å². The molecule has 0 saturated heterocycles. The van der Waals surface area contributed by atoms with Gasteiger partial charge in [0.2, 0.25) is 5.91 Å². The number of nitrogens with zero attached hydrogens (tertiary/aromatic N) is 2. The fourth-order valence-electron chi connectivity index (χ4n) is 2.26. The van der Waals surface area contributed by atoms with E-state index < -0.39 is 0 Å². The number of hydrogen-bond acceptors (Lipinski definition) is 4.